The molecule has 0 saturated carbocycles. The van der Waals surface area contributed by atoms with E-state index in [-0.39, 0.29) is 11.5 Å². The van der Waals surface area contributed by atoms with Gasteiger partial charge in [0.05, 0.1) is 33.8 Å². The number of hydrogen-bond donors (Lipinski definition) is 3. The second-order valence-electron chi connectivity index (χ2n) is 5.40. The Hall–Kier alpha value is -2.71. The molecule has 1 aromatic carbocycles. The molecule has 0 atom stereocenters. The maximum atomic E-state index is 10.9. The highest BCUT2D eigenvalue weighted by Gasteiger charge is 2.18. The number of aromatic hydroxyl groups is 2. The number of thioether (sulfide) groups is 2. The monoisotopic (exact) mass is 404 g/mol. The maximum Gasteiger partial charge on any atom is 0.328 e. The van der Waals surface area contributed by atoms with Crippen LogP contribution in [0.1, 0.15) is 17.1 Å². The van der Waals surface area contributed by atoms with Crippen LogP contribution in [0, 0.1) is 0 Å². The Bertz CT molecular complexity index is 930. The average Bonchev–Trinajstić information content (AvgIpc) is 3.34. The summed E-state index contributed by atoms with van der Waals surface area (Å²) in [7, 11) is 0. The molecule has 140 valence electrons. The highest BCUT2D eigenvalue weighted by atomic mass is 32.2. The number of furan rings is 2. The minimum atomic E-state index is -1.10. The van der Waals surface area contributed by atoms with Gasteiger partial charge in [0.25, 0.3) is 0 Å². The summed E-state index contributed by atoms with van der Waals surface area (Å²) in [6.07, 6.45) is 5.49. The van der Waals surface area contributed by atoms with E-state index in [1.807, 2.05) is 6.07 Å². The Kier molecular flexibility index (Phi) is 6.20. The van der Waals surface area contributed by atoms with E-state index in [0.29, 0.717) is 32.6 Å². The zero-order chi connectivity index (χ0) is 19.2. The van der Waals surface area contributed by atoms with Crippen LogP contribution < -0.4 is 0 Å². The number of carboxylic acids is 1. The molecule has 0 aliphatic rings. The molecule has 0 bridgehead atoms. The molecule has 8 heteroatoms. The average molecular weight is 404 g/mol. The van der Waals surface area contributed by atoms with Gasteiger partial charge in [-0.2, -0.15) is 0 Å². The third-order valence-corrected chi connectivity index (χ3v) is 5.71. The Morgan fingerprint density at radius 1 is 1.00 bits per heavy atom. The molecule has 3 aromatic rings. The van der Waals surface area contributed by atoms with Gasteiger partial charge >= 0.3 is 5.97 Å². The Morgan fingerprint density at radius 3 is 2.19 bits per heavy atom. The molecule has 0 fully saturated rings. The Labute approximate surface area is 163 Å². The number of rotatable bonds is 8. The van der Waals surface area contributed by atoms with Gasteiger partial charge in [0, 0.05) is 6.08 Å². The fourth-order valence-electron chi connectivity index (χ4n) is 2.26. The molecule has 0 aliphatic carbocycles. The highest BCUT2D eigenvalue weighted by Crippen LogP contribution is 2.46. The summed E-state index contributed by atoms with van der Waals surface area (Å²) in [5.41, 5.74) is 0.492. The lowest BCUT2D eigenvalue weighted by Crippen LogP contribution is -1.90. The van der Waals surface area contributed by atoms with Gasteiger partial charge in [0.15, 0.2) is 11.5 Å². The lowest BCUT2D eigenvalue weighted by Gasteiger charge is -2.13. The number of phenolic OH excluding ortho intramolecular Hbond substituents is 2. The Balaban J connectivity index is 1.90. The van der Waals surface area contributed by atoms with E-state index >= 15 is 0 Å². The third-order valence-electron chi connectivity index (χ3n) is 3.52. The van der Waals surface area contributed by atoms with Gasteiger partial charge in [-0.1, -0.05) is 0 Å². The molecule has 2 aromatic heterocycles. The lowest BCUT2D eigenvalue weighted by atomic mass is 10.2. The third kappa shape index (κ3) is 4.93. The van der Waals surface area contributed by atoms with E-state index in [9.17, 15) is 15.0 Å². The molecule has 3 N–H and O–H groups in total. The van der Waals surface area contributed by atoms with Crippen molar-refractivity contribution in [3.63, 3.8) is 0 Å². The number of aliphatic carboxylic acids is 1. The molecule has 0 amide bonds. The van der Waals surface area contributed by atoms with E-state index in [1.165, 1.54) is 29.6 Å². The van der Waals surface area contributed by atoms with Crippen LogP contribution in [-0.2, 0) is 16.3 Å². The van der Waals surface area contributed by atoms with E-state index in [1.54, 1.807) is 36.8 Å². The zero-order valence-corrected chi connectivity index (χ0v) is 15.6. The van der Waals surface area contributed by atoms with Crippen molar-refractivity contribution in [3.05, 3.63) is 66.0 Å². The van der Waals surface area contributed by atoms with Crippen LogP contribution in [0.2, 0.25) is 0 Å². The van der Waals surface area contributed by atoms with Crippen molar-refractivity contribution < 1.29 is 28.9 Å². The number of benzene rings is 1. The van der Waals surface area contributed by atoms with Crippen LogP contribution in [-0.4, -0.2) is 21.3 Å². The summed E-state index contributed by atoms with van der Waals surface area (Å²) in [6, 6.07) is 8.77. The van der Waals surface area contributed by atoms with Gasteiger partial charge in [0.1, 0.15) is 11.5 Å². The van der Waals surface area contributed by atoms with E-state index in [2.05, 4.69) is 0 Å². The van der Waals surface area contributed by atoms with Gasteiger partial charge in [-0.25, -0.2) is 4.79 Å². The summed E-state index contributed by atoms with van der Waals surface area (Å²) < 4.78 is 10.5. The van der Waals surface area contributed by atoms with Crippen molar-refractivity contribution in [3.8, 4) is 11.5 Å². The summed E-state index contributed by atoms with van der Waals surface area (Å²) in [6.45, 7) is 0. The first-order chi connectivity index (χ1) is 13.0. The summed E-state index contributed by atoms with van der Waals surface area (Å²) in [5, 5.41) is 29.8. The molecule has 0 saturated heterocycles. The smallest absolute Gasteiger partial charge is 0.328 e. The first-order valence-corrected chi connectivity index (χ1v) is 9.82. The zero-order valence-electron chi connectivity index (χ0n) is 14.0. The Morgan fingerprint density at radius 2 is 1.63 bits per heavy atom. The standard InChI is InChI=1S/C19H16O6S2/c20-16(21)6-5-12-9-15(26-10-13-3-1-7-24-13)17(22)18(23)19(12)27-11-14-4-2-8-25-14/h1-9,22-23H,10-11H2,(H,20,21). The van der Waals surface area contributed by atoms with Crippen LogP contribution in [0.4, 0.5) is 0 Å². The predicted octanol–water partition coefficient (Wildman–Crippen LogP) is 4.97. The van der Waals surface area contributed by atoms with Crippen LogP contribution in [0.3, 0.4) is 0 Å². The fraction of sp³-hybridized carbons (Fsp3) is 0.105. The highest BCUT2D eigenvalue weighted by molar-refractivity contribution is 7.99. The molecular weight excluding hydrogens is 388 g/mol. The van der Waals surface area contributed by atoms with E-state index < -0.39 is 5.97 Å². The second-order valence-corrected chi connectivity index (χ2v) is 7.40. The molecule has 0 spiro atoms. The normalized spacial score (nSPS) is 11.3. The van der Waals surface area contributed by atoms with Crippen LogP contribution in [0.15, 0.2) is 67.6 Å². The largest absolute Gasteiger partial charge is 0.503 e. The second kappa shape index (κ2) is 8.79. The molecule has 2 heterocycles. The van der Waals surface area contributed by atoms with Crippen molar-refractivity contribution in [2.75, 3.05) is 0 Å². The van der Waals surface area contributed by atoms with E-state index in [0.717, 1.165) is 11.8 Å². The van der Waals surface area contributed by atoms with Crippen molar-refractivity contribution in [2.24, 2.45) is 0 Å². The SMILES string of the molecule is O=C(O)C=Cc1cc(SCc2ccco2)c(O)c(O)c1SCc1ccco1. The molecule has 0 unspecified atom stereocenters. The van der Waals surface area contributed by atoms with Gasteiger partial charge < -0.3 is 24.2 Å². The van der Waals surface area contributed by atoms with Gasteiger partial charge in [-0.3, -0.25) is 0 Å². The number of phenols is 2. The van der Waals surface area contributed by atoms with Crippen molar-refractivity contribution in [1.29, 1.82) is 0 Å². The summed E-state index contributed by atoms with van der Waals surface area (Å²) >= 11 is 2.53. The van der Waals surface area contributed by atoms with Crippen LogP contribution >= 0.6 is 23.5 Å². The van der Waals surface area contributed by atoms with Crippen molar-refractivity contribution in [1.82, 2.24) is 0 Å². The summed E-state index contributed by atoms with van der Waals surface area (Å²) in [4.78, 5) is 11.7. The van der Waals surface area contributed by atoms with Crippen molar-refractivity contribution >= 4 is 35.6 Å². The molecule has 6 nitrogen and oxygen atoms in total. The van der Waals surface area contributed by atoms with Crippen LogP contribution in [0.25, 0.3) is 6.08 Å². The molecule has 0 radical (unpaired) electrons. The quantitative estimate of drug-likeness (QED) is 0.275. The first-order valence-electron chi connectivity index (χ1n) is 7.85. The maximum absolute atomic E-state index is 10.9. The molecule has 0 aliphatic heterocycles. The van der Waals surface area contributed by atoms with Crippen molar-refractivity contribution in [2.45, 2.75) is 21.3 Å². The lowest BCUT2D eigenvalue weighted by molar-refractivity contribution is -0.131. The van der Waals surface area contributed by atoms with Crippen LogP contribution in [0.5, 0.6) is 11.5 Å². The summed E-state index contributed by atoms with van der Waals surface area (Å²) in [5.74, 6) is 0.658. The topological polar surface area (TPSA) is 104 Å². The predicted molar refractivity (Wildman–Crippen MR) is 103 cm³/mol. The number of hydrogen-bond acceptors (Lipinski definition) is 7. The molecular formula is C19H16O6S2. The minimum absolute atomic E-state index is 0.249. The first kappa shape index (κ1) is 19.1. The fourth-order valence-corrected chi connectivity index (χ4v) is 4.15. The van der Waals surface area contributed by atoms with Gasteiger partial charge in [0.2, 0.25) is 0 Å². The van der Waals surface area contributed by atoms with Gasteiger partial charge in [-0.05, 0) is 42.0 Å². The molecule has 3 rings (SSSR count). The van der Waals surface area contributed by atoms with E-state index in [4.69, 9.17) is 13.9 Å². The number of carbonyl (C=O) groups is 1. The van der Waals surface area contributed by atoms with Gasteiger partial charge in [-0.15, -0.1) is 23.5 Å². The minimum Gasteiger partial charge on any atom is -0.503 e. The number of carboxylic acid groups (broad SMARTS) is 1. The molecule has 27 heavy (non-hydrogen) atoms.